The van der Waals surface area contributed by atoms with Gasteiger partial charge in [-0.1, -0.05) is 48.5 Å². The molecule has 2 aromatic rings. The van der Waals surface area contributed by atoms with Gasteiger partial charge in [0.1, 0.15) is 17.9 Å². The average Bonchev–Trinajstić information content (AvgIpc) is 3.05. The highest BCUT2D eigenvalue weighted by molar-refractivity contribution is 6.08. The number of hydrogen-bond donors (Lipinski definition) is 2. The number of imide groups is 1. The monoisotopic (exact) mass is 451 g/mol. The van der Waals surface area contributed by atoms with Crippen molar-refractivity contribution in [2.75, 3.05) is 45.9 Å². The number of carbonyl (C=O) groups excluding carboxylic acids is 3. The molecule has 2 N–H and O–H groups in total. The Morgan fingerprint density at radius 3 is 2.24 bits per heavy atom. The van der Waals surface area contributed by atoms with E-state index < -0.39 is 23.4 Å². The molecule has 9 heteroatoms. The zero-order valence-corrected chi connectivity index (χ0v) is 18.7. The Morgan fingerprint density at radius 2 is 1.58 bits per heavy atom. The lowest BCUT2D eigenvalue weighted by Gasteiger charge is -2.34. The van der Waals surface area contributed by atoms with Gasteiger partial charge in [0.05, 0.1) is 6.54 Å². The third-order valence-corrected chi connectivity index (χ3v) is 6.03. The van der Waals surface area contributed by atoms with Crippen LogP contribution in [0.1, 0.15) is 12.5 Å². The second kappa shape index (κ2) is 10.0. The van der Waals surface area contributed by atoms with Crippen molar-refractivity contribution in [1.29, 1.82) is 0 Å². The number of nitrogens with zero attached hydrogens (tertiary/aromatic N) is 3. The fourth-order valence-electron chi connectivity index (χ4n) is 4.05. The molecule has 174 valence electrons. The van der Waals surface area contributed by atoms with Crippen LogP contribution in [0.2, 0.25) is 0 Å². The minimum absolute atomic E-state index is 0.119. The lowest BCUT2D eigenvalue weighted by Crippen LogP contribution is -2.54. The fourth-order valence-corrected chi connectivity index (χ4v) is 4.05. The van der Waals surface area contributed by atoms with Gasteiger partial charge in [-0.25, -0.2) is 4.79 Å². The van der Waals surface area contributed by atoms with E-state index in [1.807, 2.05) is 41.3 Å². The maximum atomic E-state index is 12.9. The lowest BCUT2D eigenvalue weighted by molar-refractivity contribution is -0.139. The minimum atomic E-state index is -1.21. The molecule has 0 aromatic heterocycles. The van der Waals surface area contributed by atoms with Gasteiger partial charge >= 0.3 is 6.03 Å². The van der Waals surface area contributed by atoms with Crippen LogP contribution in [0.4, 0.5) is 4.79 Å². The van der Waals surface area contributed by atoms with Crippen molar-refractivity contribution in [2.24, 2.45) is 0 Å². The standard InChI is InChI=1S/C24H29N5O4/c1-24(19-8-4-2-5-9-19)22(31)29(23(32)25-24)26-21(30)18-28-14-12-27(13-15-28)16-17-33-20-10-6-3-7-11-20/h2-11H,12-18H2,1H3,(H,25,32)(H,26,30). The molecule has 9 nitrogen and oxygen atoms in total. The number of hydrazine groups is 1. The maximum Gasteiger partial charge on any atom is 0.344 e. The van der Waals surface area contributed by atoms with Crippen LogP contribution in [-0.4, -0.2) is 78.5 Å². The summed E-state index contributed by atoms with van der Waals surface area (Å²) < 4.78 is 5.75. The molecule has 0 spiro atoms. The van der Waals surface area contributed by atoms with Gasteiger partial charge < -0.3 is 10.1 Å². The number of piperazine rings is 1. The van der Waals surface area contributed by atoms with Crippen molar-refractivity contribution in [1.82, 2.24) is 25.6 Å². The first-order valence-corrected chi connectivity index (χ1v) is 11.1. The van der Waals surface area contributed by atoms with Crippen LogP contribution >= 0.6 is 0 Å². The molecule has 1 unspecified atom stereocenters. The Bertz CT molecular complexity index is 979. The second-order valence-electron chi connectivity index (χ2n) is 8.38. The van der Waals surface area contributed by atoms with Crippen LogP contribution in [0.25, 0.3) is 0 Å². The number of ether oxygens (including phenoxy) is 1. The highest BCUT2D eigenvalue weighted by atomic mass is 16.5. The number of hydrogen-bond acceptors (Lipinski definition) is 6. The number of carbonyl (C=O) groups is 3. The van der Waals surface area contributed by atoms with E-state index in [-0.39, 0.29) is 6.54 Å². The summed E-state index contributed by atoms with van der Waals surface area (Å²) >= 11 is 0. The molecule has 2 aliphatic heterocycles. The van der Waals surface area contributed by atoms with Gasteiger partial charge in [0.2, 0.25) is 0 Å². The molecule has 0 aliphatic carbocycles. The van der Waals surface area contributed by atoms with E-state index >= 15 is 0 Å². The van der Waals surface area contributed by atoms with Crippen LogP contribution < -0.4 is 15.5 Å². The number of nitrogens with one attached hydrogen (secondary N) is 2. The molecule has 33 heavy (non-hydrogen) atoms. The van der Waals surface area contributed by atoms with E-state index in [4.69, 9.17) is 4.74 Å². The van der Waals surface area contributed by atoms with Gasteiger partial charge in [-0.3, -0.25) is 24.8 Å². The molecule has 2 saturated heterocycles. The second-order valence-corrected chi connectivity index (χ2v) is 8.38. The van der Waals surface area contributed by atoms with E-state index in [9.17, 15) is 14.4 Å². The van der Waals surface area contributed by atoms with Crippen LogP contribution in [0, 0.1) is 0 Å². The first kappa shape index (κ1) is 22.8. The summed E-state index contributed by atoms with van der Waals surface area (Å²) in [6.45, 7) is 6.26. The van der Waals surface area contributed by atoms with Crippen molar-refractivity contribution in [3.63, 3.8) is 0 Å². The SMILES string of the molecule is CC1(c2ccccc2)NC(=O)N(NC(=O)CN2CCN(CCOc3ccccc3)CC2)C1=O. The summed E-state index contributed by atoms with van der Waals surface area (Å²) in [5, 5.41) is 3.47. The minimum Gasteiger partial charge on any atom is -0.492 e. The summed E-state index contributed by atoms with van der Waals surface area (Å²) in [7, 11) is 0. The summed E-state index contributed by atoms with van der Waals surface area (Å²) in [6.07, 6.45) is 0. The van der Waals surface area contributed by atoms with E-state index in [1.165, 1.54) is 0 Å². The topological polar surface area (TPSA) is 94.2 Å². The molecular weight excluding hydrogens is 422 g/mol. The molecule has 0 radical (unpaired) electrons. The first-order chi connectivity index (χ1) is 16.0. The van der Waals surface area contributed by atoms with Crippen molar-refractivity contribution in [3.05, 3.63) is 66.2 Å². The van der Waals surface area contributed by atoms with Gasteiger partial charge in [-0.15, -0.1) is 0 Å². The normalized spacial score (nSPS) is 21.7. The van der Waals surface area contributed by atoms with Crippen LogP contribution in [0.3, 0.4) is 0 Å². The third kappa shape index (κ3) is 5.32. The highest BCUT2D eigenvalue weighted by Crippen LogP contribution is 2.27. The predicted octanol–water partition coefficient (Wildman–Crippen LogP) is 1.18. The number of benzene rings is 2. The Morgan fingerprint density at radius 1 is 0.970 bits per heavy atom. The summed E-state index contributed by atoms with van der Waals surface area (Å²) in [5.74, 6) is -0.0383. The quantitative estimate of drug-likeness (QED) is 0.586. The molecule has 4 amide bonds. The first-order valence-electron chi connectivity index (χ1n) is 11.1. The molecule has 4 rings (SSSR count). The molecular formula is C24H29N5O4. The number of para-hydroxylation sites is 1. The van der Waals surface area contributed by atoms with Crippen molar-refractivity contribution < 1.29 is 19.1 Å². The Balaban J connectivity index is 1.21. The van der Waals surface area contributed by atoms with Crippen molar-refractivity contribution in [3.8, 4) is 5.75 Å². The predicted molar refractivity (Wildman–Crippen MR) is 122 cm³/mol. The molecule has 2 aromatic carbocycles. The summed E-state index contributed by atoms with van der Waals surface area (Å²) in [5.41, 5.74) is 1.92. The molecule has 0 saturated carbocycles. The van der Waals surface area contributed by atoms with Crippen LogP contribution in [0.5, 0.6) is 5.75 Å². The van der Waals surface area contributed by atoms with Gasteiger partial charge in [-0.05, 0) is 24.6 Å². The fraction of sp³-hybridized carbons (Fsp3) is 0.375. The summed E-state index contributed by atoms with van der Waals surface area (Å²) in [6, 6.07) is 18.1. The van der Waals surface area contributed by atoms with Crippen LogP contribution in [0.15, 0.2) is 60.7 Å². The molecule has 2 aliphatic rings. The smallest absolute Gasteiger partial charge is 0.344 e. The van der Waals surface area contributed by atoms with E-state index in [2.05, 4.69) is 15.6 Å². The molecule has 0 bridgehead atoms. The largest absolute Gasteiger partial charge is 0.492 e. The summed E-state index contributed by atoms with van der Waals surface area (Å²) in [4.78, 5) is 42.2. The van der Waals surface area contributed by atoms with Crippen LogP contribution in [-0.2, 0) is 15.1 Å². The number of urea groups is 1. The maximum absolute atomic E-state index is 12.9. The Labute approximate surface area is 193 Å². The third-order valence-electron chi connectivity index (χ3n) is 6.03. The van der Waals surface area contributed by atoms with Gasteiger partial charge in [0.25, 0.3) is 11.8 Å². The van der Waals surface area contributed by atoms with Gasteiger partial charge in [-0.2, -0.15) is 5.01 Å². The number of rotatable bonds is 8. The Kier molecular flexibility index (Phi) is 6.90. The van der Waals surface area contributed by atoms with E-state index in [0.717, 1.165) is 43.5 Å². The average molecular weight is 452 g/mol. The number of amides is 4. The van der Waals surface area contributed by atoms with Gasteiger partial charge in [0.15, 0.2) is 0 Å². The zero-order chi connectivity index (χ0) is 23.3. The van der Waals surface area contributed by atoms with Gasteiger partial charge in [0, 0.05) is 32.7 Å². The van der Waals surface area contributed by atoms with E-state index in [0.29, 0.717) is 12.2 Å². The van der Waals surface area contributed by atoms with E-state index in [1.54, 1.807) is 31.2 Å². The molecule has 1 atom stereocenters. The van der Waals surface area contributed by atoms with Crippen molar-refractivity contribution in [2.45, 2.75) is 12.5 Å². The highest BCUT2D eigenvalue weighted by Gasteiger charge is 2.50. The van der Waals surface area contributed by atoms with Crippen molar-refractivity contribution >= 4 is 17.8 Å². The molecule has 2 heterocycles. The Hall–Kier alpha value is -3.43. The lowest BCUT2D eigenvalue weighted by atomic mass is 9.92. The molecule has 2 fully saturated rings. The zero-order valence-electron chi connectivity index (χ0n) is 18.7.